The molecule has 0 unspecified atom stereocenters. The molecule has 0 fully saturated rings. The van der Waals surface area contributed by atoms with E-state index >= 15 is 0 Å². The van der Waals surface area contributed by atoms with Gasteiger partial charge in [0.1, 0.15) is 13.1 Å². The van der Waals surface area contributed by atoms with Gasteiger partial charge in [-0.2, -0.15) is 0 Å². The fourth-order valence-corrected chi connectivity index (χ4v) is 3.41. The summed E-state index contributed by atoms with van der Waals surface area (Å²) in [5.74, 6) is 0. The van der Waals surface area contributed by atoms with Gasteiger partial charge >= 0.3 is 0 Å². The van der Waals surface area contributed by atoms with Gasteiger partial charge in [0.15, 0.2) is 12.4 Å². The minimum atomic E-state index is 1.08. The lowest BCUT2D eigenvalue weighted by Crippen LogP contribution is -2.36. The topological polar surface area (TPSA) is 21.7 Å². The number of hydrogen-bond donors (Lipinski definition) is 0. The largest absolute Gasteiger partial charge is 0.155 e. The van der Waals surface area contributed by atoms with Crippen LogP contribution in [-0.4, -0.2) is 9.90 Å². The third kappa shape index (κ3) is 13.1. The van der Waals surface area contributed by atoms with Gasteiger partial charge in [0, 0.05) is 0 Å². The number of nitrogens with zero attached hydrogens (tertiary/aromatic N) is 3. The normalized spacial score (nSPS) is 11.3. The first kappa shape index (κ1) is 22.2. The zero-order valence-electron chi connectivity index (χ0n) is 17.2. The van der Waals surface area contributed by atoms with Gasteiger partial charge in [0.25, 0.3) is 0 Å². The number of unbranched alkanes of at least 4 members (excludes halogenated alkanes) is 14. The smallest absolute Gasteiger partial charge is 0.138 e. The summed E-state index contributed by atoms with van der Waals surface area (Å²) in [6.45, 7) is 6.73. The van der Waals surface area contributed by atoms with Crippen LogP contribution in [0.5, 0.6) is 0 Å². The lowest BCUT2D eigenvalue weighted by molar-refractivity contribution is -0.755. The van der Waals surface area contributed by atoms with Crippen molar-refractivity contribution in [3.05, 3.63) is 12.4 Å². The Balaban J connectivity index is 1.93. The molecule has 0 aliphatic heterocycles. The summed E-state index contributed by atoms with van der Waals surface area (Å²) in [6, 6.07) is 0. The number of aryl methyl sites for hydroxylation is 2. The summed E-state index contributed by atoms with van der Waals surface area (Å²) in [5.41, 5.74) is 0. The zero-order valence-corrected chi connectivity index (χ0v) is 17.2. The first-order chi connectivity index (χ1) is 12.4. The SMILES string of the molecule is CCCCCCCCCCn1cc[n+](CCCCCCCCCC)n1. The molecule has 0 saturated heterocycles. The first-order valence-electron chi connectivity index (χ1n) is 11.3. The second-order valence-corrected chi connectivity index (χ2v) is 7.66. The molecule has 0 bridgehead atoms. The molecule has 3 heteroatoms. The minimum Gasteiger partial charge on any atom is -0.138 e. The lowest BCUT2D eigenvalue weighted by Gasteiger charge is -2.00. The lowest BCUT2D eigenvalue weighted by atomic mass is 10.1. The molecule has 0 spiro atoms. The molecule has 1 aromatic rings. The third-order valence-corrected chi connectivity index (χ3v) is 5.12. The standard InChI is InChI=1S/C22H44N3/c1-3-5-7-9-11-13-15-17-19-24-21-22-25(23-24)20-18-16-14-12-10-8-6-4-2/h21-22H,3-20H2,1-2H3/q+1. The van der Waals surface area contributed by atoms with Gasteiger partial charge in [-0.3, -0.25) is 0 Å². The highest BCUT2D eigenvalue weighted by Crippen LogP contribution is 2.09. The van der Waals surface area contributed by atoms with Gasteiger partial charge in [-0.1, -0.05) is 90.9 Å². The summed E-state index contributed by atoms with van der Waals surface area (Å²) < 4.78 is 4.25. The molecular weight excluding hydrogens is 306 g/mol. The molecule has 0 saturated carbocycles. The summed E-state index contributed by atoms with van der Waals surface area (Å²) in [5, 5.41) is 4.66. The maximum absolute atomic E-state index is 4.66. The molecule has 0 aliphatic carbocycles. The highest BCUT2D eigenvalue weighted by Gasteiger charge is 2.05. The minimum absolute atomic E-state index is 1.08. The molecule has 1 aromatic heterocycles. The zero-order chi connectivity index (χ0) is 18.0. The van der Waals surface area contributed by atoms with Crippen LogP contribution >= 0.6 is 0 Å². The van der Waals surface area contributed by atoms with E-state index in [1.165, 1.54) is 103 Å². The molecule has 0 aliphatic rings. The molecule has 146 valence electrons. The maximum atomic E-state index is 4.66. The van der Waals surface area contributed by atoms with Crippen molar-refractivity contribution in [1.29, 1.82) is 0 Å². The molecule has 0 amide bonds. The molecule has 1 heterocycles. The fraction of sp³-hybridized carbons (Fsp3) is 0.909. The Morgan fingerprint density at radius 1 is 0.640 bits per heavy atom. The summed E-state index contributed by atoms with van der Waals surface area (Å²) in [7, 11) is 0. The average Bonchev–Trinajstić information content (AvgIpc) is 3.07. The van der Waals surface area contributed by atoms with E-state index in [1.54, 1.807) is 0 Å². The van der Waals surface area contributed by atoms with Crippen LogP contribution in [0.3, 0.4) is 0 Å². The van der Waals surface area contributed by atoms with Gasteiger partial charge in [0.2, 0.25) is 0 Å². The molecule has 0 N–H and O–H groups in total. The van der Waals surface area contributed by atoms with Crippen molar-refractivity contribution in [2.45, 2.75) is 130 Å². The monoisotopic (exact) mass is 350 g/mol. The van der Waals surface area contributed by atoms with Crippen molar-refractivity contribution in [2.24, 2.45) is 0 Å². The average molecular weight is 351 g/mol. The van der Waals surface area contributed by atoms with Crippen LogP contribution in [0.15, 0.2) is 12.4 Å². The van der Waals surface area contributed by atoms with Crippen LogP contribution in [0.25, 0.3) is 0 Å². The van der Waals surface area contributed by atoms with Crippen molar-refractivity contribution in [2.75, 3.05) is 0 Å². The summed E-state index contributed by atoms with van der Waals surface area (Å²) in [4.78, 5) is 0. The highest BCUT2D eigenvalue weighted by molar-refractivity contribution is 4.58. The summed E-state index contributed by atoms with van der Waals surface area (Å²) >= 11 is 0. The van der Waals surface area contributed by atoms with E-state index in [9.17, 15) is 0 Å². The van der Waals surface area contributed by atoms with E-state index in [4.69, 9.17) is 0 Å². The van der Waals surface area contributed by atoms with Crippen LogP contribution < -0.4 is 4.68 Å². The Morgan fingerprint density at radius 3 is 1.68 bits per heavy atom. The second kappa shape index (κ2) is 16.6. The van der Waals surface area contributed by atoms with Gasteiger partial charge in [-0.15, -0.1) is 9.36 Å². The van der Waals surface area contributed by atoms with E-state index in [-0.39, 0.29) is 0 Å². The van der Waals surface area contributed by atoms with Gasteiger partial charge < -0.3 is 0 Å². The fourth-order valence-electron chi connectivity index (χ4n) is 3.41. The van der Waals surface area contributed by atoms with Crippen LogP contribution in [0.2, 0.25) is 0 Å². The van der Waals surface area contributed by atoms with Gasteiger partial charge in [-0.05, 0) is 25.7 Å². The van der Waals surface area contributed by atoms with Gasteiger partial charge in [0.05, 0.1) is 5.21 Å². The van der Waals surface area contributed by atoms with E-state index < -0.39 is 0 Å². The number of rotatable bonds is 18. The Hall–Kier alpha value is -0.860. The Morgan fingerprint density at radius 2 is 1.12 bits per heavy atom. The third-order valence-electron chi connectivity index (χ3n) is 5.12. The summed E-state index contributed by atoms with van der Waals surface area (Å²) in [6.07, 6.45) is 26.4. The van der Waals surface area contributed by atoms with E-state index in [2.05, 4.69) is 40.8 Å². The Kier molecular flexibility index (Phi) is 14.7. The van der Waals surface area contributed by atoms with Crippen molar-refractivity contribution in [1.82, 2.24) is 9.90 Å². The number of hydrogen-bond acceptors (Lipinski definition) is 1. The Bertz CT molecular complexity index is 352. The predicted molar refractivity (Wildman–Crippen MR) is 108 cm³/mol. The van der Waals surface area contributed by atoms with E-state index in [0.717, 1.165) is 13.1 Å². The van der Waals surface area contributed by atoms with E-state index in [0.29, 0.717) is 0 Å². The van der Waals surface area contributed by atoms with Crippen molar-refractivity contribution in [3.63, 3.8) is 0 Å². The highest BCUT2D eigenvalue weighted by atomic mass is 15.5. The Labute approximate surface area is 157 Å². The molecular formula is C22H44N3+. The van der Waals surface area contributed by atoms with Gasteiger partial charge in [-0.25, -0.2) is 0 Å². The van der Waals surface area contributed by atoms with Crippen LogP contribution in [0.4, 0.5) is 0 Å². The molecule has 0 atom stereocenters. The number of aromatic nitrogens is 3. The quantitative estimate of drug-likeness (QED) is 0.220. The second-order valence-electron chi connectivity index (χ2n) is 7.66. The predicted octanol–water partition coefficient (Wildman–Crippen LogP) is 6.45. The van der Waals surface area contributed by atoms with E-state index in [1.807, 2.05) is 0 Å². The first-order valence-corrected chi connectivity index (χ1v) is 11.3. The molecule has 25 heavy (non-hydrogen) atoms. The van der Waals surface area contributed by atoms with Crippen LogP contribution in [0.1, 0.15) is 117 Å². The maximum Gasteiger partial charge on any atom is 0.155 e. The van der Waals surface area contributed by atoms with Crippen LogP contribution in [-0.2, 0) is 13.1 Å². The molecule has 3 nitrogen and oxygen atoms in total. The molecule has 0 aromatic carbocycles. The van der Waals surface area contributed by atoms with Crippen molar-refractivity contribution in [3.8, 4) is 0 Å². The van der Waals surface area contributed by atoms with Crippen molar-refractivity contribution >= 4 is 0 Å². The van der Waals surface area contributed by atoms with Crippen molar-refractivity contribution < 1.29 is 4.68 Å². The van der Waals surface area contributed by atoms with Crippen LogP contribution in [0, 0.1) is 0 Å². The molecule has 1 rings (SSSR count). The molecule has 0 radical (unpaired) electrons.